The average molecular weight is 264 g/mol. The standard InChI is InChI=1S/C12H16N4OS/c1-6-11(13)12(16-15-6)7-2-3-9-8(4-7)14-10(17)5-18-9/h2-4,6,11-12,15-16H,5,13H2,1H3,(H,14,17). The predicted molar refractivity (Wildman–Crippen MR) is 72.2 cm³/mol. The molecule has 2 aliphatic heterocycles. The van der Waals surface area contributed by atoms with Crippen molar-refractivity contribution in [3.8, 4) is 0 Å². The molecule has 0 saturated carbocycles. The maximum absolute atomic E-state index is 11.4. The van der Waals surface area contributed by atoms with Gasteiger partial charge in [0, 0.05) is 17.0 Å². The van der Waals surface area contributed by atoms with Crippen LogP contribution in [-0.4, -0.2) is 23.7 Å². The van der Waals surface area contributed by atoms with Crippen molar-refractivity contribution in [1.29, 1.82) is 0 Å². The molecule has 96 valence electrons. The summed E-state index contributed by atoms with van der Waals surface area (Å²) in [6.07, 6.45) is 0. The fourth-order valence-corrected chi connectivity index (χ4v) is 3.09. The van der Waals surface area contributed by atoms with Crippen molar-refractivity contribution < 1.29 is 4.79 Å². The van der Waals surface area contributed by atoms with Crippen LogP contribution in [0.15, 0.2) is 23.1 Å². The molecule has 1 amide bonds. The Morgan fingerprint density at radius 3 is 2.94 bits per heavy atom. The molecule has 2 heterocycles. The molecule has 3 atom stereocenters. The lowest BCUT2D eigenvalue weighted by Crippen LogP contribution is -2.35. The maximum atomic E-state index is 11.4. The van der Waals surface area contributed by atoms with Crippen molar-refractivity contribution in [1.82, 2.24) is 10.9 Å². The van der Waals surface area contributed by atoms with Gasteiger partial charge in [-0.2, -0.15) is 0 Å². The van der Waals surface area contributed by atoms with E-state index in [2.05, 4.69) is 22.2 Å². The fraction of sp³-hybridized carbons (Fsp3) is 0.417. The number of hydrogen-bond donors (Lipinski definition) is 4. The minimum atomic E-state index is 0.0231. The lowest BCUT2D eigenvalue weighted by atomic mass is 9.97. The monoisotopic (exact) mass is 264 g/mol. The number of carbonyl (C=O) groups is 1. The fourth-order valence-electron chi connectivity index (χ4n) is 2.30. The zero-order valence-corrected chi connectivity index (χ0v) is 10.9. The molecule has 6 heteroatoms. The largest absolute Gasteiger partial charge is 0.325 e. The number of benzene rings is 1. The van der Waals surface area contributed by atoms with Gasteiger partial charge in [-0.05, 0) is 24.6 Å². The van der Waals surface area contributed by atoms with Gasteiger partial charge in [-0.1, -0.05) is 6.07 Å². The van der Waals surface area contributed by atoms with Gasteiger partial charge in [-0.15, -0.1) is 11.8 Å². The Hall–Kier alpha value is -1.08. The summed E-state index contributed by atoms with van der Waals surface area (Å²) in [4.78, 5) is 12.5. The Morgan fingerprint density at radius 1 is 1.39 bits per heavy atom. The molecular formula is C12H16N4OS. The van der Waals surface area contributed by atoms with E-state index in [1.165, 1.54) is 0 Å². The third-order valence-electron chi connectivity index (χ3n) is 3.42. The maximum Gasteiger partial charge on any atom is 0.234 e. The van der Waals surface area contributed by atoms with Crippen LogP contribution in [0.1, 0.15) is 18.5 Å². The van der Waals surface area contributed by atoms with Crippen LogP contribution in [0, 0.1) is 0 Å². The highest BCUT2D eigenvalue weighted by atomic mass is 32.2. The van der Waals surface area contributed by atoms with Gasteiger partial charge in [0.25, 0.3) is 0 Å². The van der Waals surface area contributed by atoms with E-state index in [4.69, 9.17) is 5.73 Å². The van der Waals surface area contributed by atoms with Gasteiger partial charge in [0.1, 0.15) is 0 Å². The highest BCUT2D eigenvalue weighted by Crippen LogP contribution is 2.34. The summed E-state index contributed by atoms with van der Waals surface area (Å²) in [6.45, 7) is 2.05. The lowest BCUT2D eigenvalue weighted by Gasteiger charge is -2.21. The Kier molecular flexibility index (Phi) is 3.03. The molecule has 18 heavy (non-hydrogen) atoms. The van der Waals surface area contributed by atoms with E-state index in [-0.39, 0.29) is 24.0 Å². The second kappa shape index (κ2) is 4.55. The molecule has 0 aromatic heterocycles. The second-order valence-corrected chi connectivity index (χ2v) is 5.74. The van der Waals surface area contributed by atoms with E-state index in [1.807, 2.05) is 19.1 Å². The number of nitrogens with one attached hydrogen (secondary N) is 3. The molecule has 2 aliphatic rings. The minimum absolute atomic E-state index is 0.0231. The van der Waals surface area contributed by atoms with Crippen LogP contribution in [0.2, 0.25) is 0 Å². The number of rotatable bonds is 1. The molecule has 0 bridgehead atoms. The normalized spacial score (nSPS) is 31.0. The molecule has 1 aromatic rings. The molecule has 5 N–H and O–H groups in total. The van der Waals surface area contributed by atoms with Crippen molar-refractivity contribution in [2.24, 2.45) is 5.73 Å². The summed E-state index contributed by atoms with van der Waals surface area (Å²) in [5, 5.41) is 2.90. The summed E-state index contributed by atoms with van der Waals surface area (Å²) >= 11 is 1.57. The van der Waals surface area contributed by atoms with Gasteiger partial charge < -0.3 is 11.1 Å². The SMILES string of the molecule is CC1NNC(c2ccc3c(c2)NC(=O)CS3)C1N. The first-order chi connectivity index (χ1) is 8.65. The minimum Gasteiger partial charge on any atom is -0.325 e. The van der Waals surface area contributed by atoms with Gasteiger partial charge in [-0.25, -0.2) is 5.43 Å². The highest BCUT2D eigenvalue weighted by molar-refractivity contribution is 8.00. The van der Waals surface area contributed by atoms with Gasteiger partial charge in [0.05, 0.1) is 17.5 Å². The smallest absolute Gasteiger partial charge is 0.234 e. The van der Waals surface area contributed by atoms with Crippen LogP contribution >= 0.6 is 11.8 Å². The van der Waals surface area contributed by atoms with Gasteiger partial charge in [0.15, 0.2) is 0 Å². The zero-order chi connectivity index (χ0) is 12.7. The lowest BCUT2D eigenvalue weighted by molar-refractivity contribution is -0.113. The third-order valence-corrected chi connectivity index (χ3v) is 4.50. The molecule has 0 radical (unpaired) electrons. The summed E-state index contributed by atoms with van der Waals surface area (Å²) in [5.41, 5.74) is 14.5. The van der Waals surface area contributed by atoms with E-state index in [9.17, 15) is 4.79 Å². The molecule has 1 aromatic carbocycles. The summed E-state index contributed by atoms with van der Waals surface area (Å²) in [5.74, 6) is 0.548. The Bertz CT molecular complexity index is 493. The molecule has 5 nitrogen and oxygen atoms in total. The third kappa shape index (κ3) is 2.01. The van der Waals surface area contributed by atoms with Crippen LogP contribution < -0.4 is 21.9 Å². The molecule has 0 spiro atoms. The van der Waals surface area contributed by atoms with Crippen LogP contribution in [-0.2, 0) is 4.79 Å². The first kappa shape index (κ1) is 12.0. The molecule has 1 saturated heterocycles. The van der Waals surface area contributed by atoms with Crippen molar-refractivity contribution in [2.75, 3.05) is 11.1 Å². The molecule has 3 rings (SSSR count). The number of nitrogens with two attached hydrogens (primary N) is 1. The Labute approximate surface area is 110 Å². The van der Waals surface area contributed by atoms with Crippen LogP contribution in [0.5, 0.6) is 0 Å². The molecule has 1 fully saturated rings. The zero-order valence-electron chi connectivity index (χ0n) is 10.1. The predicted octanol–water partition coefficient (Wildman–Crippen LogP) is 0.596. The van der Waals surface area contributed by atoms with E-state index in [1.54, 1.807) is 11.8 Å². The number of carbonyl (C=O) groups excluding carboxylic acids is 1. The number of anilines is 1. The molecular weight excluding hydrogens is 248 g/mol. The number of amides is 1. The second-order valence-electron chi connectivity index (χ2n) is 4.72. The van der Waals surface area contributed by atoms with Crippen LogP contribution in [0.3, 0.4) is 0 Å². The molecule has 0 aliphatic carbocycles. The van der Waals surface area contributed by atoms with E-state index < -0.39 is 0 Å². The average Bonchev–Trinajstić information content (AvgIpc) is 2.69. The number of fused-ring (bicyclic) bond motifs is 1. The van der Waals surface area contributed by atoms with Gasteiger partial charge >= 0.3 is 0 Å². The van der Waals surface area contributed by atoms with Gasteiger partial charge in [-0.3, -0.25) is 10.2 Å². The Balaban J connectivity index is 1.90. The van der Waals surface area contributed by atoms with Crippen molar-refractivity contribution in [3.05, 3.63) is 23.8 Å². The van der Waals surface area contributed by atoms with E-state index >= 15 is 0 Å². The first-order valence-electron chi connectivity index (χ1n) is 5.98. The summed E-state index contributed by atoms with van der Waals surface area (Å²) in [7, 11) is 0. The quantitative estimate of drug-likeness (QED) is 0.597. The van der Waals surface area contributed by atoms with Crippen molar-refractivity contribution in [3.63, 3.8) is 0 Å². The van der Waals surface area contributed by atoms with Crippen molar-refractivity contribution in [2.45, 2.75) is 29.9 Å². The van der Waals surface area contributed by atoms with E-state index in [0.29, 0.717) is 5.75 Å². The topological polar surface area (TPSA) is 79.2 Å². The van der Waals surface area contributed by atoms with Crippen molar-refractivity contribution >= 4 is 23.4 Å². The number of thioether (sulfide) groups is 1. The first-order valence-corrected chi connectivity index (χ1v) is 6.97. The summed E-state index contributed by atoms with van der Waals surface area (Å²) < 4.78 is 0. The molecule has 3 unspecified atom stereocenters. The highest BCUT2D eigenvalue weighted by Gasteiger charge is 2.31. The van der Waals surface area contributed by atoms with Gasteiger partial charge in [0.2, 0.25) is 5.91 Å². The van der Waals surface area contributed by atoms with Crippen LogP contribution in [0.4, 0.5) is 5.69 Å². The number of hydrogen-bond acceptors (Lipinski definition) is 5. The summed E-state index contributed by atoms with van der Waals surface area (Å²) in [6, 6.07) is 6.46. The van der Waals surface area contributed by atoms with Crippen LogP contribution in [0.25, 0.3) is 0 Å². The Morgan fingerprint density at radius 2 is 2.22 bits per heavy atom. The van der Waals surface area contributed by atoms with E-state index in [0.717, 1.165) is 16.1 Å². The number of hydrazine groups is 1.